The normalized spacial score (nSPS) is 17.6. The highest BCUT2D eigenvalue weighted by atomic mass is 16.6. The average Bonchev–Trinajstić information content (AvgIpc) is 3.36. The third-order valence-electron chi connectivity index (χ3n) is 5.29. The molecule has 0 spiro atoms. The molecule has 0 bridgehead atoms. The van der Waals surface area contributed by atoms with E-state index >= 15 is 0 Å². The molecule has 2 heterocycles. The molecule has 10 heteroatoms. The number of carbonyl (C=O) groups is 3. The number of benzene rings is 2. The zero-order chi connectivity index (χ0) is 22.1. The number of non-ortho nitro benzene ring substituents is 1. The average molecular weight is 425 g/mol. The first-order valence-electron chi connectivity index (χ1n) is 9.64. The molecule has 0 aromatic heterocycles. The number of fused-ring (bicyclic) bond motifs is 1. The van der Waals surface area contributed by atoms with Gasteiger partial charge in [0.25, 0.3) is 23.4 Å². The van der Waals surface area contributed by atoms with E-state index in [-0.39, 0.29) is 46.5 Å². The van der Waals surface area contributed by atoms with Crippen molar-refractivity contribution in [3.05, 3.63) is 63.2 Å². The number of imide groups is 1. The molecule has 2 aliphatic rings. The zero-order valence-corrected chi connectivity index (χ0v) is 16.6. The SMILES string of the molecule is COc1ccc([N+](=O)[O-])cc1NC(=O)c1ccc2c(c1)C(=O)N(CC1CCCO1)C2=O. The molecule has 1 saturated heterocycles. The van der Waals surface area contributed by atoms with Crippen LogP contribution in [-0.2, 0) is 4.74 Å². The van der Waals surface area contributed by atoms with Gasteiger partial charge in [-0.3, -0.25) is 29.4 Å². The number of methoxy groups -OCH3 is 1. The summed E-state index contributed by atoms with van der Waals surface area (Å²) < 4.78 is 10.7. The largest absolute Gasteiger partial charge is 0.495 e. The van der Waals surface area contributed by atoms with Gasteiger partial charge in [-0.2, -0.15) is 0 Å². The third-order valence-corrected chi connectivity index (χ3v) is 5.29. The lowest BCUT2D eigenvalue weighted by atomic mass is 10.1. The van der Waals surface area contributed by atoms with Gasteiger partial charge < -0.3 is 14.8 Å². The molecule has 2 aromatic carbocycles. The van der Waals surface area contributed by atoms with Gasteiger partial charge in [-0.15, -0.1) is 0 Å². The van der Waals surface area contributed by atoms with E-state index in [4.69, 9.17) is 9.47 Å². The van der Waals surface area contributed by atoms with Gasteiger partial charge in [0, 0.05) is 24.3 Å². The van der Waals surface area contributed by atoms with Crippen molar-refractivity contribution >= 4 is 29.1 Å². The Bertz CT molecular complexity index is 1090. The van der Waals surface area contributed by atoms with Gasteiger partial charge in [-0.1, -0.05) is 0 Å². The first kappa shape index (κ1) is 20.5. The second-order valence-corrected chi connectivity index (χ2v) is 7.21. The molecule has 2 aliphatic heterocycles. The van der Waals surface area contributed by atoms with E-state index in [0.29, 0.717) is 6.61 Å². The highest BCUT2D eigenvalue weighted by Crippen LogP contribution is 2.30. The fourth-order valence-corrected chi connectivity index (χ4v) is 3.69. The number of ether oxygens (including phenoxy) is 2. The molecule has 10 nitrogen and oxygen atoms in total. The minimum Gasteiger partial charge on any atom is -0.495 e. The molecule has 0 radical (unpaired) electrons. The molecule has 1 fully saturated rings. The van der Waals surface area contributed by atoms with Crippen LogP contribution in [0.4, 0.5) is 11.4 Å². The first-order chi connectivity index (χ1) is 14.9. The molecule has 1 unspecified atom stereocenters. The highest BCUT2D eigenvalue weighted by Gasteiger charge is 2.38. The lowest BCUT2D eigenvalue weighted by Crippen LogP contribution is -2.36. The standard InChI is InChI=1S/C21H19N3O7/c1-30-18-7-5-13(24(28)29)10-17(18)22-19(25)12-4-6-15-16(9-12)21(27)23(20(15)26)11-14-3-2-8-31-14/h4-7,9-10,14H,2-3,8,11H2,1H3,(H,22,25). The molecular weight excluding hydrogens is 406 g/mol. The van der Waals surface area contributed by atoms with E-state index in [0.717, 1.165) is 17.7 Å². The predicted molar refractivity (Wildman–Crippen MR) is 108 cm³/mol. The van der Waals surface area contributed by atoms with E-state index in [9.17, 15) is 24.5 Å². The summed E-state index contributed by atoms with van der Waals surface area (Å²) in [6.07, 6.45) is 1.50. The summed E-state index contributed by atoms with van der Waals surface area (Å²) in [5.74, 6) is -1.24. The van der Waals surface area contributed by atoms with E-state index < -0.39 is 22.6 Å². The smallest absolute Gasteiger partial charge is 0.271 e. The van der Waals surface area contributed by atoms with Crippen molar-refractivity contribution in [3.63, 3.8) is 0 Å². The van der Waals surface area contributed by atoms with Crippen LogP contribution in [-0.4, -0.2) is 53.9 Å². The number of nitrogens with zero attached hydrogens (tertiary/aromatic N) is 2. The van der Waals surface area contributed by atoms with Crippen LogP contribution in [0.5, 0.6) is 5.75 Å². The number of amides is 3. The first-order valence-corrected chi connectivity index (χ1v) is 9.64. The Balaban J connectivity index is 1.56. The minimum atomic E-state index is -0.598. The summed E-state index contributed by atoms with van der Waals surface area (Å²) in [5, 5.41) is 13.6. The second kappa shape index (κ2) is 8.15. The summed E-state index contributed by atoms with van der Waals surface area (Å²) in [4.78, 5) is 49.7. The monoisotopic (exact) mass is 425 g/mol. The van der Waals surface area contributed by atoms with Crippen LogP contribution >= 0.6 is 0 Å². The van der Waals surface area contributed by atoms with Gasteiger partial charge in [0.05, 0.1) is 41.5 Å². The molecule has 3 amide bonds. The van der Waals surface area contributed by atoms with Crippen LogP contribution in [0.2, 0.25) is 0 Å². The molecule has 31 heavy (non-hydrogen) atoms. The Morgan fingerprint density at radius 1 is 1.23 bits per heavy atom. The number of rotatable bonds is 6. The lowest BCUT2D eigenvalue weighted by molar-refractivity contribution is -0.384. The maximum absolute atomic E-state index is 12.8. The van der Waals surface area contributed by atoms with Gasteiger partial charge in [-0.05, 0) is 37.1 Å². The van der Waals surface area contributed by atoms with Crippen molar-refractivity contribution in [3.8, 4) is 5.75 Å². The number of nitrogens with one attached hydrogen (secondary N) is 1. The van der Waals surface area contributed by atoms with Crippen LogP contribution in [0, 0.1) is 10.1 Å². The number of nitro groups is 1. The van der Waals surface area contributed by atoms with Crippen molar-refractivity contribution in [2.45, 2.75) is 18.9 Å². The Labute approximate surface area is 176 Å². The van der Waals surface area contributed by atoms with Crippen LogP contribution < -0.4 is 10.1 Å². The number of carbonyl (C=O) groups excluding carboxylic acids is 3. The molecule has 160 valence electrons. The van der Waals surface area contributed by atoms with E-state index in [1.54, 1.807) is 0 Å². The summed E-state index contributed by atoms with van der Waals surface area (Å²) in [5.41, 5.74) is 0.404. The van der Waals surface area contributed by atoms with Crippen molar-refractivity contribution in [2.24, 2.45) is 0 Å². The fraction of sp³-hybridized carbons (Fsp3) is 0.286. The second-order valence-electron chi connectivity index (χ2n) is 7.21. The molecule has 4 rings (SSSR count). The Morgan fingerprint density at radius 3 is 2.68 bits per heavy atom. The van der Waals surface area contributed by atoms with Crippen molar-refractivity contribution in [1.82, 2.24) is 4.90 Å². The van der Waals surface area contributed by atoms with Gasteiger partial charge in [0.2, 0.25) is 0 Å². The van der Waals surface area contributed by atoms with Gasteiger partial charge in [0.15, 0.2) is 0 Å². The molecule has 0 aliphatic carbocycles. The number of nitro benzene ring substituents is 1. The molecule has 2 aromatic rings. The molecule has 1 N–H and O–H groups in total. The van der Waals surface area contributed by atoms with Crippen LogP contribution in [0.3, 0.4) is 0 Å². The fourth-order valence-electron chi connectivity index (χ4n) is 3.69. The van der Waals surface area contributed by atoms with E-state index in [2.05, 4.69) is 5.32 Å². The van der Waals surface area contributed by atoms with E-state index in [1.807, 2.05) is 0 Å². The van der Waals surface area contributed by atoms with Crippen molar-refractivity contribution in [2.75, 3.05) is 25.6 Å². The third kappa shape index (κ3) is 3.84. The molecule has 1 atom stereocenters. The lowest BCUT2D eigenvalue weighted by Gasteiger charge is -2.17. The minimum absolute atomic E-state index is 0.115. The maximum Gasteiger partial charge on any atom is 0.271 e. The number of hydrogen-bond acceptors (Lipinski definition) is 7. The van der Waals surface area contributed by atoms with Crippen molar-refractivity contribution < 1.29 is 28.8 Å². The van der Waals surface area contributed by atoms with Crippen molar-refractivity contribution in [1.29, 1.82) is 0 Å². The Kier molecular flexibility index (Phi) is 5.38. The predicted octanol–water partition coefficient (Wildman–Crippen LogP) is 2.63. The molecular formula is C21H19N3O7. The summed E-state index contributed by atoms with van der Waals surface area (Å²) in [7, 11) is 1.37. The van der Waals surface area contributed by atoms with Crippen LogP contribution in [0.25, 0.3) is 0 Å². The van der Waals surface area contributed by atoms with Crippen LogP contribution in [0.1, 0.15) is 43.9 Å². The van der Waals surface area contributed by atoms with Crippen LogP contribution in [0.15, 0.2) is 36.4 Å². The maximum atomic E-state index is 12.8. The zero-order valence-electron chi connectivity index (χ0n) is 16.6. The summed E-state index contributed by atoms with van der Waals surface area (Å²) in [6.45, 7) is 0.790. The Morgan fingerprint density at radius 2 is 2.00 bits per heavy atom. The highest BCUT2D eigenvalue weighted by molar-refractivity contribution is 6.22. The van der Waals surface area contributed by atoms with Gasteiger partial charge in [0.1, 0.15) is 5.75 Å². The van der Waals surface area contributed by atoms with E-state index in [1.165, 1.54) is 43.5 Å². The Hall–Kier alpha value is -3.79. The summed E-state index contributed by atoms with van der Waals surface area (Å²) >= 11 is 0. The quantitative estimate of drug-likeness (QED) is 0.428. The van der Waals surface area contributed by atoms with Gasteiger partial charge >= 0.3 is 0 Å². The number of hydrogen-bond donors (Lipinski definition) is 1. The number of anilines is 1. The topological polar surface area (TPSA) is 128 Å². The molecule has 0 saturated carbocycles. The summed E-state index contributed by atoms with van der Waals surface area (Å²) in [6, 6.07) is 8.04. The van der Waals surface area contributed by atoms with Gasteiger partial charge in [-0.25, -0.2) is 0 Å².